The second-order valence-corrected chi connectivity index (χ2v) is 14.9. The van der Waals surface area contributed by atoms with Gasteiger partial charge in [-0.2, -0.15) is 0 Å². The number of unbranched alkanes of at least 4 members (excludes halogenated alkanes) is 19. The van der Waals surface area contributed by atoms with Gasteiger partial charge in [-0.25, -0.2) is 0 Å². The molecule has 0 rings (SSSR count). The minimum atomic E-state index is -0.788. The van der Waals surface area contributed by atoms with Crippen LogP contribution in [0.1, 0.15) is 213 Å². The van der Waals surface area contributed by atoms with Crippen LogP contribution in [0.3, 0.4) is 0 Å². The van der Waals surface area contributed by atoms with Crippen LogP contribution in [0.2, 0.25) is 0 Å². The molecule has 0 heterocycles. The Labute approximate surface area is 339 Å². The molecule has 6 heteroatoms. The number of esters is 3. The lowest BCUT2D eigenvalue weighted by atomic mass is 10.1. The maximum absolute atomic E-state index is 12.7. The Morgan fingerprint density at radius 3 is 1.18 bits per heavy atom. The van der Waals surface area contributed by atoms with E-state index in [1.54, 1.807) is 0 Å². The maximum atomic E-state index is 12.7. The van der Waals surface area contributed by atoms with Crippen LogP contribution in [0.15, 0.2) is 60.8 Å². The van der Waals surface area contributed by atoms with Crippen LogP contribution >= 0.6 is 0 Å². The van der Waals surface area contributed by atoms with Gasteiger partial charge in [-0.15, -0.1) is 0 Å². The smallest absolute Gasteiger partial charge is 0.306 e. The van der Waals surface area contributed by atoms with E-state index in [1.165, 1.54) is 64.2 Å². The fourth-order valence-electron chi connectivity index (χ4n) is 6.02. The lowest BCUT2D eigenvalue weighted by Crippen LogP contribution is -2.30. The summed E-state index contributed by atoms with van der Waals surface area (Å²) in [5, 5.41) is 0. The molecule has 0 aliphatic heterocycles. The number of ether oxygens (including phenoxy) is 3. The van der Waals surface area contributed by atoms with Crippen molar-refractivity contribution in [3.8, 4) is 0 Å². The molecular formula is C49H84O6. The molecule has 0 aromatic carbocycles. The molecule has 0 saturated heterocycles. The maximum Gasteiger partial charge on any atom is 0.306 e. The molecule has 0 aromatic heterocycles. The number of hydrogen-bond acceptors (Lipinski definition) is 6. The summed E-state index contributed by atoms with van der Waals surface area (Å²) in [6, 6.07) is 0. The first-order valence-corrected chi connectivity index (χ1v) is 22.8. The number of rotatable bonds is 40. The first kappa shape index (κ1) is 52.1. The quantitative estimate of drug-likeness (QED) is 0.0267. The summed E-state index contributed by atoms with van der Waals surface area (Å²) in [5.74, 6) is -0.935. The van der Waals surface area contributed by atoms with E-state index in [4.69, 9.17) is 14.2 Å². The minimum absolute atomic E-state index is 0.0899. The zero-order chi connectivity index (χ0) is 40.1. The van der Waals surface area contributed by atoms with Crippen molar-refractivity contribution in [1.29, 1.82) is 0 Å². The van der Waals surface area contributed by atoms with Crippen molar-refractivity contribution in [2.24, 2.45) is 0 Å². The molecule has 316 valence electrons. The average molecular weight is 769 g/mol. The SMILES string of the molecule is CC/C=C\C/C=C\C/C=C\CCCCCCC(=O)OCC(COC(=O)CCCCCCC/C=C\CCCC)OC(=O)CCCCCCC/C=C\CCCCC. The van der Waals surface area contributed by atoms with Gasteiger partial charge in [-0.3, -0.25) is 14.4 Å². The zero-order valence-corrected chi connectivity index (χ0v) is 35.9. The molecule has 0 saturated carbocycles. The van der Waals surface area contributed by atoms with E-state index >= 15 is 0 Å². The highest BCUT2D eigenvalue weighted by molar-refractivity contribution is 5.71. The minimum Gasteiger partial charge on any atom is -0.462 e. The van der Waals surface area contributed by atoms with Crippen molar-refractivity contribution in [2.45, 2.75) is 219 Å². The second-order valence-electron chi connectivity index (χ2n) is 14.9. The topological polar surface area (TPSA) is 78.9 Å². The van der Waals surface area contributed by atoms with Crippen molar-refractivity contribution < 1.29 is 28.6 Å². The van der Waals surface area contributed by atoms with Crippen LogP contribution in [-0.4, -0.2) is 37.2 Å². The van der Waals surface area contributed by atoms with E-state index in [9.17, 15) is 14.4 Å². The van der Waals surface area contributed by atoms with E-state index in [0.29, 0.717) is 19.3 Å². The molecule has 0 bridgehead atoms. The van der Waals surface area contributed by atoms with Crippen molar-refractivity contribution in [3.05, 3.63) is 60.8 Å². The summed E-state index contributed by atoms with van der Waals surface area (Å²) in [6.07, 6.45) is 52.0. The number of carbonyl (C=O) groups is 3. The fourth-order valence-corrected chi connectivity index (χ4v) is 6.02. The van der Waals surface area contributed by atoms with Crippen LogP contribution in [0.5, 0.6) is 0 Å². The highest BCUT2D eigenvalue weighted by atomic mass is 16.6. The third-order valence-electron chi connectivity index (χ3n) is 9.48. The molecule has 0 N–H and O–H groups in total. The Balaban J connectivity index is 4.44. The van der Waals surface area contributed by atoms with Crippen molar-refractivity contribution in [3.63, 3.8) is 0 Å². The van der Waals surface area contributed by atoms with Crippen molar-refractivity contribution >= 4 is 17.9 Å². The second kappa shape index (κ2) is 43.8. The Morgan fingerprint density at radius 1 is 0.382 bits per heavy atom. The molecule has 0 fully saturated rings. The van der Waals surface area contributed by atoms with E-state index in [2.05, 4.69) is 81.5 Å². The molecule has 0 amide bonds. The van der Waals surface area contributed by atoms with Gasteiger partial charge in [0, 0.05) is 19.3 Å². The van der Waals surface area contributed by atoms with Crippen LogP contribution in [-0.2, 0) is 28.6 Å². The number of carbonyl (C=O) groups excluding carboxylic acids is 3. The average Bonchev–Trinajstić information content (AvgIpc) is 3.18. The molecule has 0 spiro atoms. The molecule has 55 heavy (non-hydrogen) atoms. The summed E-state index contributed by atoms with van der Waals surface area (Å²) in [5.41, 5.74) is 0. The highest BCUT2D eigenvalue weighted by Crippen LogP contribution is 2.13. The predicted octanol–water partition coefficient (Wildman–Crippen LogP) is 14.5. The third kappa shape index (κ3) is 42.1. The summed E-state index contributed by atoms with van der Waals surface area (Å²) >= 11 is 0. The highest BCUT2D eigenvalue weighted by Gasteiger charge is 2.19. The van der Waals surface area contributed by atoms with E-state index < -0.39 is 6.10 Å². The lowest BCUT2D eigenvalue weighted by Gasteiger charge is -2.18. The molecular weight excluding hydrogens is 685 g/mol. The van der Waals surface area contributed by atoms with Crippen molar-refractivity contribution in [1.82, 2.24) is 0 Å². The van der Waals surface area contributed by atoms with Gasteiger partial charge >= 0.3 is 17.9 Å². The van der Waals surface area contributed by atoms with Crippen LogP contribution in [0.4, 0.5) is 0 Å². The van der Waals surface area contributed by atoms with Gasteiger partial charge in [-0.1, -0.05) is 159 Å². The third-order valence-corrected chi connectivity index (χ3v) is 9.48. The van der Waals surface area contributed by atoms with E-state index in [1.807, 2.05) is 0 Å². The largest absolute Gasteiger partial charge is 0.462 e. The molecule has 0 aromatic rings. The Hall–Kier alpha value is -2.89. The molecule has 0 aliphatic rings. The summed E-state index contributed by atoms with van der Waals surface area (Å²) in [6.45, 7) is 6.41. The van der Waals surface area contributed by atoms with Gasteiger partial charge in [0.25, 0.3) is 0 Å². The van der Waals surface area contributed by atoms with Crippen LogP contribution in [0, 0.1) is 0 Å². The van der Waals surface area contributed by atoms with E-state index in [0.717, 1.165) is 109 Å². The first-order valence-electron chi connectivity index (χ1n) is 22.8. The Kier molecular flexibility index (Phi) is 41.5. The molecule has 0 aliphatic carbocycles. The molecule has 6 nitrogen and oxygen atoms in total. The normalized spacial score (nSPS) is 12.6. The number of hydrogen-bond donors (Lipinski definition) is 0. The first-order chi connectivity index (χ1) is 27.0. The zero-order valence-electron chi connectivity index (χ0n) is 35.9. The molecule has 1 atom stereocenters. The summed E-state index contributed by atoms with van der Waals surface area (Å²) in [7, 11) is 0. The van der Waals surface area contributed by atoms with Crippen LogP contribution in [0.25, 0.3) is 0 Å². The van der Waals surface area contributed by atoms with Crippen molar-refractivity contribution in [2.75, 3.05) is 13.2 Å². The molecule has 1 unspecified atom stereocenters. The standard InChI is InChI=1S/C49H84O6/c1-4-7-10-13-16-19-22-24-25-28-30-33-36-39-42-48(51)54-45-46(44-53-47(50)41-38-35-32-29-26-21-18-15-12-9-6-3)55-49(52)43-40-37-34-31-27-23-20-17-14-11-8-5-2/h7,10,15-20,24-25,46H,4-6,8-9,11-14,21-23,26-45H2,1-3H3/b10-7-,18-15-,19-16-,20-17-,25-24-. The monoisotopic (exact) mass is 769 g/mol. The van der Waals surface area contributed by atoms with Gasteiger partial charge in [0.05, 0.1) is 0 Å². The molecule has 0 radical (unpaired) electrons. The van der Waals surface area contributed by atoms with Gasteiger partial charge in [-0.05, 0) is 96.3 Å². The Morgan fingerprint density at radius 2 is 0.727 bits per heavy atom. The number of allylic oxidation sites excluding steroid dienone is 10. The van der Waals surface area contributed by atoms with Gasteiger partial charge in [0.1, 0.15) is 13.2 Å². The van der Waals surface area contributed by atoms with Crippen LogP contribution < -0.4 is 0 Å². The lowest BCUT2D eigenvalue weighted by molar-refractivity contribution is -0.167. The Bertz CT molecular complexity index is 1020. The summed E-state index contributed by atoms with van der Waals surface area (Å²) in [4.78, 5) is 37.7. The van der Waals surface area contributed by atoms with Gasteiger partial charge < -0.3 is 14.2 Å². The fraction of sp³-hybridized carbons (Fsp3) is 0.735. The van der Waals surface area contributed by atoms with E-state index in [-0.39, 0.29) is 31.1 Å². The summed E-state index contributed by atoms with van der Waals surface area (Å²) < 4.78 is 16.7. The predicted molar refractivity (Wildman–Crippen MR) is 233 cm³/mol. The van der Waals surface area contributed by atoms with Gasteiger partial charge in [0.2, 0.25) is 0 Å². The van der Waals surface area contributed by atoms with Gasteiger partial charge in [0.15, 0.2) is 6.10 Å².